The molecule has 1 saturated heterocycles. The van der Waals surface area contributed by atoms with E-state index >= 15 is 0 Å². The van der Waals surface area contributed by atoms with Gasteiger partial charge in [0.15, 0.2) is 6.61 Å². The number of carbonyl (C=O) groups excluding carboxylic acids is 1. The van der Waals surface area contributed by atoms with E-state index in [1.165, 1.54) is 0 Å². The molecular formula is C20H18N2O3. The topological polar surface area (TPSA) is 51.7 Å². The van der Waals surface area contributed by atoms with Gasteiger partial charge in [0.25, 0.3) is 5.91 Å². The van der Waals surface area contributed by atoms with Crippen molar-refractivity contribution in [1.82, 2.24) is 9.88 Å². The van der Waals surface area contributed by atoms with Gasteiger partial charge in [-0.1, -0.05) is 36.4 Å². The lowest BCUT2D eigenvalue weighted by Crippen LogP contribution is -2.57. The monoisotopic (exact) mass is 334 g/mol. The second-order valence-corrected chi connectivity index (χ2v) is 5.98. The standard InChI is InChI=1S/C20H18N2O3/c23-20(14-24-16-7-2-1-3-8-16)22-12-17(13-22)25-19-11-10-15-6-4-5-9-18(15)21-19/h1-11,17H,12-14H2. The molecule has 2 heterocycles. The first kappa shape index (κ1) is 15.4. The zero-order valence-corrected chi connectivity index (χ0v) is 13.7. The number of carbonyl (C=O) groups is 1. The first-order chi connectivity index (χ1) is 12.3. The van der Waals surface area contributed by atoms with Crippen molar-refractivity contribution in [2.75, 3.05) is 19.7 Å². The molecule has 0 bridgehead atoms. The minimum absolute atomic E-state index is 0.0191. The largest absolute Gasteiger partial charge is 0.484 e. The van der Waals surface area contributed by atoms with Crippen LogP contribution in [0.25, 0.3) is 10.9 Å². The molecule has 2 aromatic carbocycles. The van der Waals surface area contributed by atoms with Crippen LogP contribution in [0.1, 0.15) is 0 Å². The number of likely N-dealkylation sites (tertiary alicyclic amines) is 1. The number of amides is 1. The fourth-order valence-corrected chi connectivity index (χ4v) is 2.75. The summed E-state index contributed by atoms with van der Waals surface area (Å²) in [5.74, 6) is 1.26. The Labute approximate surface area is 145 Å². The van der Waals surface area contributed by atoms with Crippen molar-refractivity contribution in [3.8, 4) is 11.6 Å². The third-order valence-electron chi connectivity index (χ3n) is 4.17. The van der Waals surface area contributed by atoms with E-state index in [2.05, 4.69) is 4.98 Å². The van der Waals surface area contributed by atoms with Gasteiger partial charge >= 0.3 is 0 Å². The highest BCUT2D eigenvalue weighted by atomic mass is 16.5. The van der Waals surface area contributed by atoms with Gasteiger partial charge < -0.3 is 14.4 Å². The van der Waals surface area contributed by atoms with Crippen molar-refractivity contribution in [1.29, 1.82) is 0 Å². The number of benzene rings is 2. The molecule has 1 aromatic heterocycles. The Kier molecular flexibility index (Phi) is 4.21. The van der Waals surface area contributed by atoms with Crippen molar-refractivity contribution in [3.05, 3.63) is 66.7 Å². The predicted molar refractivity (Wildman–Crippen MR) is 94.7 cm³/mol. The third kappa shape index (κ3) is 3.55. The normalized spacial score (nSPS) is 14.2. The molecule has 0 saturated carbocycles. The third-order valence-corrected chi connectivity index (χ3v) is 4.17. The number of hydrogen-bond acceptors (Lipinski definition) is 4. The summed E-state index contributed by atoms with van der Waals surface area (Å²) in [5.41, 5.74) is 0.906. The molecule has 1 aliphatic heterocycles. The predicted octanol–water partition coefficient (Wildman–Crippen LogP) is 2.90. The van der Waals surface area contributed by atoms with Crippen LogP contribution in [-0.2, 0) is 4.79 Å². The second-order valence-electron chi connectivity index (χ2n) is 5.98. The number of fused-ring (bicyclic) bond motifs is 1. The molecule has 1 amide bonds. The van der Waals surface area contributed by atoms with Crippen molar-refractivity contribution in [3.63, 3.8) is 0 Å². The molecule has 5 nitrogen and oxygen atoms in total. The van der Waals surface area contributed by atoms with Crippen molar-refractivity contribution >= 4 is 16.8 Å². The Morgan fingerprint density at radius 3 is 2.60 bits per heavy atom. The van der Waals surface area contributed by atoms with Crippen LogP contribution in [0.4, 0.5) is 0 Å². The van der Waals surface area contributed by atoms with Gasteiger partial charge in [0.2, 0.25) is 5.88 Å². The Morgan fingerprint density at radius 1 is 1.00 bits per heavy atom. The molecule has 0 N–H and O–H groups in total. The Morgan fingerprint density at radius 2 is 1.76 bits per heavy atom. The SMILES string of the molecule is O=C(COc1ccccc1)N1CC(Oc2ccc3ccccc3n2)C1. The molecule has 25 heavy (non-hydrogen) atoms. The molecule has 4 rings (SSSR count). The van der Waals surface area contributed by atoms with Gasteiger partial charge in [0, 0.05) is 11.5 Å². The number of aromatic nitrogens is 1. The lowest BCUT2D eigenvalue weighted by atomic mass is 10.1. The van der Waals surface area contributed by atoms with Crippen LogP contribution in [0.3, 0.4) is 0 Å². The number of para-hydroxylation sites is 2. The maximum absolute atomic E-state index is 12.1. The van der Waals surface area contributed by atoms with E-state index < -0.39 is 0 Å². The van der Waals surface area contributed by atoms with Gasteiger partial charge in [-0.05, 0) is 24.3 Å². The first-order valence-corrected chi connectivity index (χ1v) is 8.26. The highest BCUT2D eigenvalue weighted by molar-refractivity contribution is 5.79. The zero-order chi connectivity index (χ0) is 17.1. The van der Waals surface area contributed by atoms with E-state index in [-0.39, 0.29) is 18.6 Å². The highest BCUT2D eigenvalue weighted by Crippen LogP contribution is 2.20. The molecule has 126 valence electrons. The molecule has 0 spiro atoms. The van der Waals surface area contributed by atoms with E-state index in [9.17, 15) is 4.79 Å². The van der Waals surface area contributed by atoms with Gasteiger partial charge in [0.05, 0.1) is 18.6 Å². The summed E-state index contributed by atoms with van der Waals surface area (Å²) in [6, 6.07) is 21.1. The van der Waals surface area contributed by atoms with E-state index in [0.29, 0.717) is 24.7 Å². The molecule has 1 fully saturated rings. The number of hydrogen-bond donors (Lipinski definition) is 0. The summed E-state index contributed by atoms with van der Waals surface area (Å²) in [6.07, 6.45) is -0.0191. The van der Waals surface area contributed by atoms with Crippen molar-refractivity contribution < 1.29 is 14.3 Å². The minimum Gasteiger partial charge on any atom is -0.484 e. The number of pyridine rings is 1. The highest BCUT2D eigenvalue weighted by Gasteiger charge is 2.32. The lowest BCUT2D eigenvalue weighted by Gasteiger charge is -2.38. The van der Waals surface area contributed by atoms with Crippen molar-refractivity contribution in [2.45, 2.75) is 6.10 Å². The molecule has 1 aliphatic rings. The Bertz CT molecular complexity index is 876. The average molecular weight is 334 g/mol. The van der Waals surface area contributed by atoms with E-state index in [4.69, 9.17) is 9.47 Å². The van der Waals surface area contributed by atoms with E-state index in [1.807, 2.05) is 66.7 Å². The minimum atomic E-state index is -0.0322. The van der Waals surface area contributed by atoms with Crippen molar-refractivity contribution in [2.24, 2.45) is 0 Å². The van der Waals surface area contributed by atoms with Gasteiger partial charge in [-0.15, -0.1) is 0 Å². The van der Waals surface area contributed by atoms with Crippen LogP contribution in [0.2, 0.25) is 0 Å². The summed E-state index contributed by atoms with van der Waals surface area (Å²) in [7, 11) is 0. The van der Waals surface area contributed by atoms with Gasteiger partial charge in [-0.2, -0.15) is 0 Å². The maximum atomic E-state index is 12.1. The fourth-order valence-electron chi connectivity index (χ4n) is 2.75. The molecule has 0 atom stereocenters. The molecule has 0 unspecified atom stereocenters. The molecule has 0 radical (unpaired) electrons. The summed E-state index contributed by atoms with van der Waals surface area (Å²) in [5, 5.41) is 1.08. The van der Waals surface area contributed by atoms with Crippen LogP contribution in [0.5, 0.6) is 11.6 Å². The maximum Gasteiger partial charge on any atom is 0.260 e. The smallest absolute Gasteiger partial charge is 0.260 e. The van der Waals surface area contributed by atoms with Crippen LogP contribution in [-0.4, -0.2) is 41.6 Å². The van der Waals surface area contributed by atoms with Crippen LogP contribution in [0, 0.1) is 0 Å². The lowest BCUT2D eigenvalue weighted by molar-refractivity contribution is -0.142. The number of ether oxygens (including phenoxy) is 2. The van der Waals surface area contributed by atoms with E-state index in [1.54, 1.807) is 4.90 Å². The van der Waals surface area contributed by atoms with Gasteiger partial charge in [-0.3, -0.25) is 4.79 Å². The van der Waals surface area contributed by atoms with Gasteiger partial charge in [0.1, 0.15) is 11.9 Å². The van der Waals surface area contributed by atoms with Crippen LogP contribution < -0.4 is 9.47 Å². The van der Waals surface area contributed by atoms with E-state index in [0.717, 1.165) is 10.9 Å². The average Bonchev–Trinajstić information content (AvgIpc) is 2.63. The Balaban J connectivity index is 1.27. The summed E-state index contributed by atoms with van der Waals surface area (Å²) >= 11 is 0. The molecule has 3 aromatic rings. The fraction of sp³-hybridized carbons (Fsp3) is 0.200. The molecular weight excluding hydrogens is 316 g/mol. The van der Waals surface area contributed by atoms with Crippen LogP contribution in [0.15, 0.2) is 66.7 Å². The first-order valence-electron chi connectivity index (χ1n) is 8.26. The molecule has 5 heteroatoms. The molecule has 0 aliphatic carbocycles. The Hall–Kier alpha value is -3.08. The summed E-state index contributed by atoms with van der Waals surface area (Å²) in [4.78, 5) is 18.3. The number of rotatable bonds is 5. The second kappa shape index (κ2) is 6.81. The van der Waals surface area contributed by atoms with Gasteiger partial charge in [-0.25, -0.2) is 4.98 Å². The zero-order valence-electron chi connectivity index (χ0n) is 13.7. The summed E-state index contributed by atoms with van der Waals surface area (Å²) < 4.78 is 11.3. The quantitative estimate of drug-likeness (QED) is 0.720. The summed E-state index contributed by atoms with van der Waals surface area (Å²) in [6.45, 7) is 1.17. The van der Waals surface area contributed by atoms with Crippen LogP contribution >= 0.6 is 0 Å². The number of nitrogens with zero attached hydrogens (tertiary/aromatic N) is 2.